The van der Waals surface area contributed by atoms with E-state index in [0.717, 1.165) is 18.4 Å². The van der Waals surface area contributed by atoms with Crippen molar-refractivity contribution in [2.45, 2.75) is 65.5 Å². The summed E-state index contributed by atoms with van der Waals surface area (Å²) in [6, 6.07) is 0. The lowest BCUT2D eigenvalue weighted by atomic mass is 10.1. The first-order valence-corrected chi connectivity index (χ1v) is 6.22. The first kappa shape index (κ1) is 17.1. The maximum absolute atomic E-state index is 11.7. The molecule has 5 nitrogen and oxygen atoms in total. The average Bonchev–Trinajstić information content (AvgIpc) is 2.25. The molecule has 0 spiro atoms. The molecule has 0 aromatic heterocycles. The highest BCUT2D eigenvalue weighted by Gasteiger charge is 2.35. The zero-order valence-electron chi connectivity index (χ0n) is 11.6. The third-order valence-corrected chi connectivity index (χ3v) is 2.81. The number of hydrogen-bond acceptors (Lipinski definition) is 5. The summed E-state index contributed by atoms with van der Waals surface area (Å²) in [6.07, 6.45) is 1.34. The number of allylic oxidation sites excluding steroid dienone is 1. The fourth-order valence-electron chi connectivity index (χ4n) is 1.33. The van der Waals surface area contributed by atoms with Gasteiger partial charge in [-0.3, -0.25) is 0 Å². The Balaban J connectivity index is 4.61. The van der Waals surface area contributed by atoms with Gasteiger partial charge in [-0.2, -0.15) is 0 Å². The predicted molar refractivity (Wildman–Crippen MR) is 67.5 cm³/mol. The number of carbonyl (C=O) groups is 1. The Bertz CT molecular complexity index is 297. The van der Waals surface area contributed by atoms with Gasteiger partial charge < -0.3 is 20.1 Å². The molecule has 0 amide bonds. The minimum absolute atomic E-state index is 0.207. The van der Waals surface area contributed by atoms with Crippen molar-refractivity contribution in [3.63, 3.8) is 0 Å². The smallest absolute Gasteiger partial charge is 0.334 e. The van der Waals surface area contributed by atoms with E-state index in [-0.39, 0.29) is 6.42 Å². The van der Waals surface area contributed by atoms with Gasteiger partial charge in [-0.25, -0.2) is 4.79 Å². The number of carbonyl (C=O) groups excluding carboxylic acids is 1. The summed E-state index contributed by atoms with van der Waals surface area (Å²) in [6.45, 7) is 7.10. The quantitative estimate of drug-likeness (QED) is 0.279. The Labute approximate surface area is 108 Å². The molecule has 3 N–H and O–H groups in total. The van der Waals surface area contributed by atoms with E-state index in [4.69, 9.17) is 20.1 Å². The van der Waals surface area contributed by atoms with Gasteiger partial charge in [0.15, 0.2) is 6.10 Å². The van der Waals surface area contributed by atoms with Crippen LogP contribution in [-0.2, 0) is 9.53 Å². The molecule has 18 heavy (non-hydrogen) atoms. The molecule has 0 aromatic rings. The van der Waals surface area contributed by atoms with Crippen molar-refractivity contribution in [2.75, 3.05) is 0 Å². The topological polar surface area (TPSA) is 87.0 Å². The van der Waals surface area contributed by atoms with Crippen LogP contribution < -0.4 is 0 Å². The molecule has 0 aliphatic carbocycles. The Morgan fingerprint density at radius 3 is 2.11 bits per heavy atom. The first-order valence-electron chi connectivity index (χ1n) is 6.22. The van der Waals surface area contributed by atoms with Crippen LogP contribution in [0.5, 0.6) is 0 Å². The van der Waals surface area contributed by atoms with E-state index in [1.807, 2.05) is 6.92 Å². The van der Waals surface area contributed by atoms with E-state index < -0.39 is 18.0 Å². The number of esters is 1. The molecule has 5 heteroatoms. The zero-order valence-corrected chi connectivity index (χ0v) is 11.6. The summed E-state index contributed by atoms with van der Waals surface area (Å²) in [7, 11) is 0. The molecular formula is C13H24O5. The minimum atomic E-state index is -2.99. The van der Waals surface area contributed by atoms with Crippen LogP contribution in [0.4, 0.5) is 0 Å². The number of hydrogen-bond donors (Lipinski definition) is 3. The fraction of sp³-hybridized carbons (Fsp3) is 0.769. The second-order valence-electron chi connectivity index (χ2n) is 4.70. The molecule has 0 saturated heterocycles. The normalized spacial score (nSPS) is 13.1. The van der Waals surface area contributed by atoms with E-state index in [1.54, 1.807) is 20.8 Å². The molecule has 0 bridgehead atoms. The monoisotopic (exact) mass is 260 g/mol. The van der Waals surface area contributed by atoms with Gasteiger partial charge in [-0.1, -0.05) is 25.3 Å². The SMILES string of the molecule is CCCCCC(OC(=O)C(C)=C(C)C)C(O)(O)O. The number of rotatable bonds is 7. The minimum Gasteiger partial charge on any atom is -0.450 e. The van der Waals surface area contributed by atoms with Crippen LogP contribution in [0.3, 0.4) is 0 Å². The van der Waals surface area contributed by atoms with Crippen LogP contribution >= 0.6 is 0 Å². The molecule has 0 radical (unpaired) electrons. The van der Waals surface area contributed by atoms with Crippen molar-refractivity contribution in [2.24, 2.45) is 0 Å². The lowest BCUT2D eigenvalue weighted by Crippen LogP contribution is -2.45. The lowest BCUT2D eigenvalue weighted by molar-refractivity contribution is -0.356. The van der Waals surface area contributed by atoms with Gasteiger partial charge in [0.1, 0.15) is 0 Å². The molecule has 0 rings (SSSR count). The van der Waals surface area contributed by atoms with Crippen LogP contribution in [0.2, 0.25) is 0 Å². The lowest BCUT2D eigenvalue weighted by Gasteiger charge is -2.26. The van der Waals surface area contributed by atoms with Crippen molar-refractivity contribution >= 4 is 5.97 Å². The summed E-state index contributed by atoms with van der Waals surface area (Å²) < 4.78 is 4.94. The van der Waals surface area contributed by atoms with E-state index in [1.165, 1.54) is 0 Å². The molecule has 106 valence electrons. The first-order chi connectivity index (χ1) is 8.20. The molecule has 0 heterocycles. The summed E-state index contributed by atoms with van der Waals surface area (Å²) >= 11 is 0. The highest BCUT2D eigenvalue weighted by atomic mass is 16.7. The van der Waals surface area contributed by atoms with E-state index in [2.05, 4.69) is 0 Å². The van der Waals surface area contributed by atoms with Crippen molar-refractivity contribution in [1.82, 2.24) is 0 Å². The van der Waals surface area contributed by atoms with Gasteiger partial charge >= 0.3 is 11.9 Å². The van der Waals surface area contributed by atoms with Crippen LogP contribution in [-0.4, -0.2) is 33.4 Å². The summed E-state index contributed by atoms with van der Waals surface area (Å²) in [4.78, 5) is 11.7. The summed E-state index contributed by atoms with van der Waals surface area (Å²) in [5.74, 6) is -3.64. The highest BCUT2D eigenvalue weighted by Crippen LogP contribution is 2.18. The molecular weight excluding hydrogens is 236 g/mol. The number of ether oxygens (including phenoxy) is 1. The molecule has 1 atom stereocenters. The second kappa shape index (κ2) is 7.51. The van der Waals surface area contributed by atoms with Crippen LogP contribution in [0.25, 0.3) is 0 Å². The third-order valence-electron chi connectivity index (χ3n) is 2.81. The van der Waals surface area contributed by atoms with E-state index in [0.29, 0.717) is 12.0 Å². The largest absolute Gasteiger partial charge is 0.450 e. The highest BCUT2D eigenvalue weighted by molar-refractivity contribution is 5.88. The zero-order chi connectivity index (χ0) is 14.3. The average molecular weight is 260 g/mol. The molecule has 0 saturated carbocycles. The van der Waals surface area contributed by atoms with Crippen LogP contribution in [0.1, 0.15) is 53.4 Å². The van der Waals surface area contributed by atoms with Crippen molar-refractivity contribution in [3.8, 4) is 0 Å². The maximum Gasteiger partial charge on any atom is 0.334 e. The molecule has 0 aliphatic heterocycles. The van der Waals surface area contributed by atoms with Crippen molar-refractivity contribution < 1.29 is 24.9 Å². The number of aliphatic hydroxyl groups is 3. The Morgan fingerprint density at radius 2 is 1.72 bits per heavy atom. The van der Waals surface area contributed by atoms with Gasteiger partial charge in [-0.15, -0.1) is 0 Å². The van der Waals surface area contributed by atoms with E-state index >= 15 is 0 Å². The van der Waals surface area contributed by atoms with Crippen LogP contribution in [0, 0.1) is 0 Å². The second-order valence-corrected chi connectivity index (χ2v) is 4.70. The van der Waals surface area contributed by atoms with Crippen molar-refractivity contribution in [1.29, 1.82) is 0 Å². The Hall–Kier alpha value is -0.910. The predicted octanol–water partition coefficient (Wildman–Crippen LogP) is 1.47. The standard InChI is InChI=1S/C13H24O5/c1-5-6-7-8-11(13(15,16)17)18-12(14)10(4)9(2)3/h11,15-17H,5-8H2,1-4H3. The van der Waals surface area contributed by atoms with E-state index in [9.17, 15) is 4.79 Å². The van der Waals surface area contributed by atoms with Gasteiger partial charge in [0, 0.05) is 5.57 Å². The van der Waals surface area contributed by atoms with Crippen molar-refractivity contribution in [3.05, 3.63) is 11.1 Å². The Morgan fingerprint density at radius 1 is 1.17 bits per heavy atom. The number of unbranched alkanes of at least 4 members (excludes halogenated alkanes) is 2. The fourth-order valence-corrected chi connectivity index (χ4v) is 1.33. The van der Waals surface area contributed by atoms with Gasteiger partial charge in [0.2, 0.25) is 0 Å². The summed E-state index contributed by atoms with van der Waals surface area (Å²) in [5, 5.41) is 27.5. The molecule has 0 aliphatic rings. The summed E-state index contributed by atoms with van der Waals surface area (Å²) in [5.41, 5.74) is 1.19. The van der Waals surface area contributed by atoms with Gasteiger partial charge in [0.25, 0.3) is 0 Å². The maximum atomic E-state index is 11.7. The van der Waals surface area contributed by atoms with Crippen LogP contribution in [0.15, 0.2) is 11.1 Å². The van der Waals surface area contributed by atoms with Gasteiger partial charge in [-0.05, 0) is 33.6 Å². The third kappa shape index (κ3) is 6.14. The van der Waals surface area contributed by atoms with Gasteiger partial charge in [0.05, 0.1) is 0 Å². The molecule has 0 fully saturated rings. The molecule has 0 aromatic carbocycles. The Kier molecular flexibility index (Phi) is 7.13. The molecule has 1 unspecified atom stereocenters.